The Morgan fingerprint density at radius 2 is 1.94 bits per heavy atom. The van der Waals surface area contributed by atoms with Crippen LogP contribution >= 0.6 is 0 Å². The van der Waals surface area contributed by atoms with Crippen LogP contribution in [0, 0.1) is 11.3 Å². The van der Waals surface area contributed by atoms with Crippen molar-refractivity contribution in [3.8, 4) is 0 Å². The van der Waals surface area contributed by atoms with Crippen LogP contribution in [0.15, 0.2) is 0 Å². The third-order valence-electron chi connectivity index (χ3n) is 3.39. The number of hydrogen-bond donors (Lipinski definition) is 1. The van der Waals surface area contributed by atoms with Crippen molar-refractivity contribution in [2.75, 3.05) is 46.9 Å². The molecule has 0 aromatic carbocycles. The minimum absolute atomic E-state index is 0.282. The highest BCUT2D eigenvalue weighted by atomic mass is 16.5. The minimum Gasteiger partial charge on any atom is -0.384 e. The van der Waals surface area contributed by atoms with Crippen LogP contribution in [-0.2, 0) is 4.74 Å². The van der Waals surface area contributed by atoms with Gasteiger partial charge in [0.25, 0.3) is 0 Å². The molecule has 0 bridgehead atoms. The van der Waals surface area contributed by atoms with Gasteiger partial charge in [-0.05, 0) is 45.4 Å². The molecule has 1 aliphatic heterocycles. The van der Waals surface area contributed by atoms with Gasteiger partial charge in [-0.1, -0.05) is 13.8 Å². The summed E-state index contributed by atoms with van der Waals surface area (Å²) in [5.41, 5.74) is 0.282. The predicted octanol–water partition coefficient (Wildman–Crippen LogP) is 1.59. The van der Waals surface area contributed by atoms with E-state index in [0.29, 0.717) is 0 Å². The van der Waals surface area contributed by atoms with Gasteiger partial charge >= 0.3 is 0 Å². The largest absolute Gasteiger partial charge is 0.384 e. The molecule has 0 saturated carbocycles. The first kappa shape index (κ1) is 13.9. The number of rotatable bonds is 6. The first-order chi connectivity index (χ1) is 7.57. The van der Waals surface area contributed by atoms with Crippen molar-refractivity contribution in [1.29, 1.82) is 0 Å². The summed E-state index contributed by atoms with van der Waals surface area (Å²) in [6.07, 6.45) is 2.67. The molecular weight excluding hydrogens is 200 g/mol. The van der Waals surface area contributed by atoms with E-state index in [9.17, 15) is 0 Å². The van der Waals surface area contributed by atoms with Crippen LogP contribution in [0.5, 0.6) is 0 Å². The summed E-state index contributed by atoms with van der Waals surface area (Å²) in [5, 5.41) is 3.28. The summed E-state index contributed by atoms with van der Waals surface area (Å²) in [5.74, 6) is 0.881. The number of hydrogen-bond acceptors (Lipinski definition) is 3. The van der Waals surface area contributed by atoms with Crippen LogP contribution in [0.1, 0.15) is 26.7 Å². The van der Waals surface area contributed by atoms with Crippen molar-refractivity contribution in [2.45, 2.75) is 26.7 Å². The zero-order chi connectivity index (χ0) is 12.0. The highest BCUT2D eigenvalue weighted by Crippen LogP contribution is 2.22. The summed E-state index contributed by atoms with van der Waals surface area (Å²) in [4.78, 5) is 2.59. The fraction of sp³-hybridized carbons (Fsp3) is 1.00. The Morgan fingerprint density at radius 1 is 1.31 bits per heavy atom. The maximum Gasteiger partial charge on any atom is 0.0525 e. The monoisotopic (exact) mass is 228 g/mol. The van der Waals surface area contributed by atoms with Gasteiger partial charge in [0.2, 0.25) is 0 Å². The van der Waals surface area contributed by atoms with E-state index >= 15 is 0 Å². The van der Waals surface area contributed by atoms with Gasteiger partial charge < -0.3 is 15.0 Å². The lowest BCUT2D eigenvalue weighted by Crippen LogP contribution is -2.42. The first-order valence-electron chi connectivity index (χ1n) is 6.43. The molecule has 1 rings (SSSR count). The van der Waals surface area contributed by atoms with Gasteiger partial charge in [0.15, 0.2) is 0 Å². The Labute approximate surface area is 101 Å². The van der Waals surface area contributed by atoms with Crippen molar-refractivity contribution < 1.29 is 4.74 Å². The van der Waals surface area contributed by atoms with Gasteiger partial charge in [0.1, 0.15) is 0 Å². The lowest BCUT2D eigenvalue weighted by molar-refractivity contribution is 0.0568. The Morgan fingerprint density at radius 3 is 2.44 bits per heavy atom. The molecule has 0 atom stereocenters. The smallest absolute Gasteiger partial charge is 0.0525 e. The van der Waals surface area contributed by atoms with E-state index in [1.165, 1.54) is 32.5 Å². The van der Waals surface area contributed by atoms with E-state index in [0.717, 1.165) is 19.1 Å². The Balaban J connectivity index is 2.26. The average molecular weight is 228 g/mol. The number of nitrogens with one attached hydrogen (secondary N) is 1. The number of piperidine rings is 1. The lowest BCUT2D eigenvalue weighted by atomic mass is 9.91. The Hall–Kier alpha value is -0.120. The van der Waals surface area contributed by atoms with Crippen molar-refractivity contribution in [2.24, 2.45) is 11.3 Å². The summed E-state index contributed by atoms with van der Waals surface area (Å²) in [7, 11) is 3.84. The van der Waals surface area contributed by atoms with Crippen molar-refractivity contribution in [3.63, 3.8) is 0 Å². The quantitative estimate of drug-likeness (QED) is 0.747. The van der Waals surface area contributed by atoms with E-state index in [4.69, 9.17) is 4.74 Å². The SMILES string of the molecule is CNCC1CCN(CC(C)(C)COC)CC1. The fourth-order valence-electron chi connectivity index (χ4n) is 2.68. The highest BCUT2D eigenvalue weighted by Gasteiger charge is 2.25. The van der Waals surface area contributed by atoms with Crippen molar-refractivity contribution in [3.05, 3.63) is 0 Å². The number of nitrogens with zero attached hydrogens (tertiary/aromatic N) is 1. The zero-order valence-electron chi connectivity index (χ0n) is 11.4. The molecule has 1 heterocycles. The second-order valence-electron chi connectivity index (χ2n) is 5.87. The molecule has 0 radical (unpaired) electrons. The third-order valence-corrected chi connectivity index (χ3v) is 3.39. The van der Waals surface area contributed by atoms with Crippen molar-refractivity contribution >= 4 is 0 Å². The van der Waals surface area contributed by atoms with Crippen molar-refractivity contribution in [1.82, 2.24) is 10.2 Å². The van der Waals surface area contributed by atoms with Gasteiger partial charge in [-0.2, -0.15) is 0 Å². The van der Waals surface area contributed by atoms with Gasteiger partial charge in [-0.3, -0.25) is 0 Å². The molecule has 0 unspecified atom stereocenters. The molecule has 0 aliphatic carbocycles. The van der Waals surface area contributed by atoms with Gasteiger partial charge in [-0.25, -0.2) is 0 Å². The minimum atomic E-state index is 0.282. The number of likely N-dealkylation sites (tertiary alicyclic amines) is 1. The fourth-order valence-corrected chi connectivity index (χ4v) is 2.68. The second kappa shape index (κ2) is 6.58. The molecule has 0 aromatic heterocycles. The highest BCUT2D eigenvalue weighted by molar-refractivity contribution is 4.79. The maximum absolute atomic E-state index is 5.27. The van der Waals surface area contributed by atoms with Crippen LogP contribution in [-0.4, -0.2) is 51.8 Å². The molecule has 0 spiro atoms. The predicted molar refractivity (Wildman–Crippen MR) is 68.7 cm³/mol. The van der Waals surface area contributed by atoms with Crippen LogP contribution in [0.2, 0.25) is 0 Å². The summed E-state index contributed by atoms with van der Waals surface area (Å²) < 4.78 is 5.27. The molecule has 0 amide bonds. The number of methoxy groups -OCH3 is 1. The average Bonchev–Trinajstić information content (AvgIpc) is 2.21. The van der Waals surface area contributed by atoms with E-state index in [1.807, 2.05) is 7.05 Å². The molecule has 3 nitrogen and oxygen atoms in total. The van der Waals surface area contributed by atoms with Crippen LogP contribution < -0.4 is 5.32 Å². The second-order valence-corrected chi connectivity index (χ2v) is 5.87. The van der Waals surface area contributed by atoms with Gasteiger partial charge in [0.05, 0.1) is 6.61 Å². The zero-order valence-corrected chi connectivity index (χ0v) is 11.4. The topological polar surface area (TPSA) is 24.5 Å². The number of ether oxygens (including phenoxy) is 1. The molecular formula is C13H28N2O. The Kier molecular flexibility index (Phi) is 5.73. The molecule has 1 saturated heterocycles. The summed E-state index contributed by atoms with van der Waals surface area (Å²) >= 11 is 0. The van der Waals surface area contributed by atoms with Gasteiger partial charge in [-0.15, -0.1) is 0 Å². The van der Waals surface area contributed by atoms with Crippen LogP contribution in [0.4, 0.5) is 0 Å². The van der Waals surface area contributed by atoms with E-state index < -0.39 is 0 Å². The lowest BCUT2D eigenvalue weighted by Gasteiger charge is -2.37. The standard InChI is InChI=1S/C13H28N2O/c1-13(2,11-16-4)10-15-7-5-12(6-8-15)9-14-3/h12,14H,5-11H2,1-4H3. The maximum atomic E-state index is 5.27. The summed E-state index contributed by atoms with van der Waals surface area (Å²) in [6.45, 7) is 10.3. The van der Waals surface area contributed by atoms with Crippen LogP contribution in [0.3, 0.4) is 0 Å². The molecule has 1 fully saturated rings. The molecule has 0 aromatic rings. The van der Waals surface area contributed by atoms with Crippen LogP contribution in [0.25, 0.3) is 0 Å². The first-order valence-corrected chi connectivity index (χ1v) is 6.43. The van der Waals surface area contributed by atoms with E-state index in [1.54, 1.807) is 7.11 Å². The molecule has 96 valence electrons. The van der Waals surface area contributed by atoms with Gasteiger partial charge in [0, 0.05) is 19.1 Å². The molecule has 3 heteroatoms. The molecule has 1 aliphatic rings. The normalized spacial score (nSPS) is 20.2. The van der Waals surface area contributed by atoms with E-state index in [-0.39, 0.29) is 5.41 Å². The third kappa shape index (κ3) is 4.81. The Bertz CT molecular complexity index is 186. The summed E-state index contributed by atoms with van der Waals surface area (Å²) in [6, 6.07) is 0. The molecule has 16 heavy (non-hydrogen) atoms. The molecule has 1 N–H and O–H groups in total. The van der Waals surface area contributed by atoms with E-state index in [2.05, 4.69) is 24.1 Å².